The van der Waals surface area contributed by atoms with Gasteiger partial charge in [-0.15, -0.1) is 0 Å². The topological polar surface area (TPSA) is 57.6 Å². The molecule has 17 heavy (non-hydrogen) atoms. The molecular formula is C13H21NO3. The maximum atomic E-state index is 11.4. The number of hydrogen-bond acceptors (Lipinski definition) is 2. The third-order valence-electron chi connectivity index (χ3n) is 4.09. The van der Waals surface area contributed by atoms with Gasteiger partial charge in [0.25, 0.3) is 0 Å². The third-order valence-corrected chi connectivity index (χ3v) is 4.09. The van der Waals surface area contributed by atoms with E-state index < -0.39 is 12.0 Å². The molecule has 0 aromatic carbocycles. The lowest BCUT2D eigenvalue weighted by Gasteiger charge is -2.36. The number of carbonyl (C=O) groups is 2. The van der Waals surface area contributed by atoms with Crippen molar-refractivity contribution in [3.63, 3.8) is 0 Å². The monoisotopic (exact) mass is 239 g/mol. The summed E-state index contributed by atoms with van der Waals surface area (Å²) in [5.74, 6) is -0.103. The molecule has 2 aliphatic carbocycles. The van der Waals surface area contributed by atoms with Gasteiger partial charge in [-0.25, -0.2) is 4.79 Å². The molecule has 2 fully saturated rings. The van der Waals surface area contributed by atoms with Gasteiger partial charge >= 0.3 is 5.97 Å². The van der Waals surface area contributed by atoms with Crippen LogP contribution < -0.4 is 0 Å². The number of hydrogen-bond donors (Lipinski definition) is 1. The zero-order valence-electron chi connectivity index (χ0n) is 10.3. The minimum atomic E-state index is -0.830. The van der Waals surface area contributed by atoms with Crippen LogP contribution in [0.1, 0.15) is 45.4 Å². The highest BCUT2D eigenvalue weighted by atomic mass is 16.4. The van der Waals surface area contributed by atoms with E-state index in [-0.39, 0.29) is 12.0 Å². The summed E-state index contributed by atoms with van der Waals surface area (Å²) in [6, 6.07) is -0.409. The van der Waals surface area contributed by atoms with E-state index in [9.17, 15) is 14.7 Å². The van der Waals surface area contributed by atoms with Crippen LogP contribution in [0.2, 0.25) is 0 Å². The van der Waals surface area contributed by atoms with Crippen molar-refractivity contribution in [3.8, 4) is 0 Å². The number of carboxylic acid groups (broad SMARTS) is 1. The van der Waals surface area contributed by atoms with Crippen LogP contribution in [0.3, 0.4) is 0 Å². The Morgan fingerprint density at radius 3 is 2.53 bits per heavy atom. The summed E-state index contributed by atoms with van der Waals surface area (Å²) in [5.41, 5.74) is 0. The Hall–Kier alpha value is -1.06. The van der Waals surface area contributed by atoms with E-state index in [0.717, 1.165) is 38.5 Å². The molecule has 1 N–H and O–H groups in total. The van der Waals surface area contributed by atoms with Crippen LogP contribution in [-0.4, -0.2) is 34.5 Å². The Morgan fingerprint density at radius 1 is 1.35 bits per heavy atom. The second-order valence-corrected chi connectivity index (χ2v) is 5.60. The fraction of sp³-hybridized carbons (Fsp3) is 0.846. The van der Waals surface area contributed by atoms with E-state index >= 15 is 0 Å². The molecule has 0 spiro atoms. The van der Waals surface area contributed by atoms with Crippen LogP contribution in [0, 0.1) is 11.8 Å². The molecule has 2 aliphatic rings. The first-order valence-corrected chi connectivity index (χ1v) is 6.59. The smallest absolute Gasteiger partial charge is 0.326 e. The predicted octanol–water partition coefficient (Wildman–Crippen LogP) is 1.89. The molecule has 1 amide bonds. The van der Waals surface area contributed by atoms with Crippen LogP contribution in [0.25, 0.3) is 0 Å². The van der Waals surface area contributed by atoms with Crippen molar-refractivity contribution in [1.29, 1.82) is 0 Å². The molecule has 0 saturated heterocycles. The lowest BCUT2D eigenvalue weighted by Crippen LogP contribution is -2.47. The molecule has 3 unspecified atom stereocenters. The standard InChI is InChI=1S/C13H21NO3/c1-9-3-2-4-10(7-9)12(13(16)17)14(8-15)11-5-6-11/h8-12H,2-7H2,1H3,(H,16,17). The average Bonchev–Trinajstić information content (AvgIpc) is 3.08. The first kappa shape index (κ1) is 12.4. The van der Waals surface area contributed by atoms with Gasteiger partial charge in [0.1, 0.15) is 6.04 Å². The van der Waals surface area contributed by atoms with Gasteiger partial charge in [-0.2, -0.15) is 0 Å². The van der Waals surface area contributed by atoms with Gasteiger partial charge in [-0.1, -0.05) is 19.8 Å². The van der Waals surface area contributed by atoms with Gasteiger partial charge < -0.3 is 10.0 Å². The molecule has 4 heteroatoms. The molecule has 4 nitrogen and oxygen atoms in total. The van der Waals surface area contributed by atoms with Crippen molar-refractivity contribution in [2.45, 2.75) is 57.5 Å². The van der Waals surface area contributed by atoms with Gasteiger partial charge in [-0.05, 0) is 37.5 Å². The predicted molar refractivity (Wildman–Crippen MR) is 63.5 cm³/mol. The second kappa shape index (κ2) is 5.07. The zero-order valence-corrected chi connectivity index (χ0v) is 10.3. The number of rotatable bonds is 5. The summed E-state index contributed by atoms with van der Waals surface area (Å²) >= 11 is 0. The molecule has 0 aliphatic heterocycles. The molecule has 0 aromatic heterocycles. The highest BCUT2D eigenvalue weighted by molar-refractivity contribution is 5.77. The van der Waals surface area contributed by atoms with Gasteiger partial charge in [0.05, 0.1) is 0 Å². The Morgan fingerprint density at radius 2 is 2.06 bits per heavy atom. The van der Waals surface area contributed by atoms with Crippen LogP contribution in [-0.2, 0) is 9.59 Å². The van der Waals surface area contributed by atoms with E-state index in [1.807, 2.05) is 0 Å². The fourth-order valence-corrected chi connectivity index (χ4v) is 3.09. The van der Waals surface area contributed by atoms with E-state index in [1.54, 1.807) is 4.90 Å². The Balaban J connectivity index is 2.09. The highest BCUT2D eigenvalue weighted by Crippen LogP contribution is 2.36. The largest absolute Gasteiger partial charge is 0.480 e. The van der Waals surface area contributed by atoms with Crippen molar-refractivity contribution in [1.82, 2.24) is 4.90 Å². The number of aliphatic carboxylic acids is 1. The molecule has 0 radical (unpaired) electrons. The van der Waals surface area contributed by atoms with Gasteiger partial charge in [0, 0.05) is 6.04 Å². The van der Waals surface area contributed by atoms with Crippen molar-refractivity contribution in [2.75, 3.05) is 0 Å². The molecule has 96 valence electrons. The minimum Gasteiger partial charge on any atom is -0.480 e. The third kappa shape index (κ3) is 2.79. The molecule has 2 rings (SSSR count). The molecular weight excluding hydrogens is 218 g/mol. The van der Waals surface area contributed by atoms with Crippen molar-refractivity contribution in [3.05, 3.63) is 0 Å². The maximum Gasteiger partial charge on any atom is 0.326 e. The second-order valence-electron chi connectivity index (χ2n) is 5.60. The normalized spacial score (nSPS) is 30.6. The van der Waals surface area contributed by atoms with E-state index in [4.69, 9.17) is 0 Å². The first-order valence-electron chi connectivity index (χ1n) is 6.59. The summed E-state index contributed by atoms with van der Waals surface area (Å²) in [4.78, 5) is 24.1. The van der Waals surface area contributed by atoms with Crippen molar-refractivity contribution < 1.29 is 14.7 Å². The summed E-state index contributed by atoms with van der Waals surface area (Å²) in [6.07, 6.45) is 6.83. The number of nitrogens with zero attached hydrogens (tertiary/aromatic N) is 1. The summed E-state index contributed by atoms with van der Waals surface area (Å²) in [7, 11) is 0. The molecule has 0 bridgehead atoms. The van der Waals surface area contributed by atoms with Crippen LogP contribution in [0.5, 0.6) is 0 Å². The lowest BCUT2D eigenvalue weighted by atomic mass is 9.78. The maximum absolute atomic E-state index is 11.4. The first-order chi connectivity index (χ1) is 8.13. The van der Waals surface area contributed by atoms with Gasteiger partial charge in [0.2, 0.25) is 6.41 Å². The SMILES string of the molecule is CC1CCCC(C(C(=O)O)N(C=O)C2CC2)C1. The highest BCUT2D eigenvalue weighted by Gasteiger charge is 2.41. The quantitative estimate of drug-likeness (QED) is 0.745. The van der Waals surface area contributed by atoms with E-state index in [1.165, 1.54) is 6.42 Å². The fourth-order valence-electron chi connectivity index (χ4n) is 3.09. The Bertz CT molecular complexity index is 301. The van der Waals surface area contributed by atoms with E-state index in [0.29, 0.717) is 5.92 Å². The lowest BCUT2D eigenvalue weighted by molar-refractivity contribution is -0.150. The van der Waals surface area contributed by atoms with Crippen LogP contribution in [0.15, 0.2) is 0 Å². The summed E-state index contributed by atoms with van der Waals surface area (Å²) < 4.78 is 0. The number of carbonyl (C=O) groups excluding carboxylic acids is 1. The molecule has 0 aromatic rings. The van der Waals surface area contributed by atoms with Gasteiger partial charge in [-0.3, -0.25) is 4.79 Å². The average molecular weight is 239 g/mol. The molecule has 2 saturated carbocycles. The van der Waals surface area contributed by atoms with Crippen LogP contribution in [0.4, 0.5) is 0 Å². The van der Waals surface area contributed by atoms with Crippen molar-refractivity contribution >= 4 is 12.4 Å². The molecule has 3 atom stereocenters. The van der Waals surface area contributed by atoms with Crippen LogP contribution >= 0.6 is 0 Å². The number of amides is 1. The number of carboxylic acids is 1. The molecule has 0 heterocycles. The Labute approximate surface area is 102 Å². The summed E-state index contributed by atoms with van der Waals surface area (Å²) in [6.45, 7) is 2.17. The Kier molecular flexibility index (Phi) is 3.69. The van der Waals surface area contributed by atoms with Gasteiger partial charge in [0.15, 0.2) is 0 Å². The minimum absolute atomic E-state index is 0.141. The zero-order chi connectivity index (χ0) is 12.4. The van der Waals surface area contributed by atoms with E-state index in [2.05, 4.69) is 6.92 Å². The van der Waals surface area contributed by atoms with Crippen molar-refractivity contribution in [2.24, 2.45) is 11.8 Å². The summed E-state index contributed by atoms with van der Waals surface area (Å²) in [5, 5.41) is 9.39.